The van der Waals surface area contributed by atoms with Crippen molar-refractivity contribution in [1.29, 1.82) is 0 Å². The molecule has 1 atom stereocenters. The molecule has 1 fully saturated rings. The van der Waals surface area contributed by atoms with Crippen LogP contribution in [0.5, 0.6) is 0 Å². The molecule has 0 aliphatic carbocycles. The summed E-state index contributed by atoms with van der Waals surface area (Å²) < 4.78 is 0. The predicted molar refractivity (Wildman–Crippen MR) is 46.0 cm³/mol. The summed E-state index contributed by atoms with van der Waals surface area (Å²) >= 11 is 0. The van der Waals surface area contributed by atoms with E-state index in [4.69, 9.17) is 10.8 Å². The van der Waals surface area contributed by atoms with Crippen LogP contribution in [0.25, 0.3) is 0 Å². The van der Waals surface area contributed by atoms with Crippen LogP contribution in [0.1, 0.15) is 19.3 Å². The Bertz CT molecular complexity index is 217. The average Bonchev–Trinajstić information content (AvgIpc) is 2.03. The van der Waals surface area contributed by atoms with Crippen molar-refractivity contribution >= 4 is 11.9 Å². The van der Waals surface area contributed by atoms with Crippen LogP contribution in [0.2, 0.25) is 0 Å². The standard InChI is InChI=1S/C8H14N2O3/c9-8(13)6-3-1-2-4-10(6)5-7(11)12/h6H,1-5H2,(H2,9,13)(H,11,12). The zero-order valence-electron chi connectivity index (χ0n) is 7.40. The lowest BCUT2D eigenvalue weighted by Gasteiger charge is -2.31. The van der Waals surface area contributed by atoms with E-state index in [2.05, 4.69) is 0 Å². The molecule has 1 heterocycles. The third-order valence-electron chi connectivity index (χ3n) is 2.28. The maximum atomic E-state index is 10.9. The van der Waals surface area contributed by atoms with Crippen molar-refractivity contribution in [2.45, 2.75) is 25.3 Å². The topological polar surface area (TPSA) is 83.6 Å². The van der Waals surface area contributed by atoms with Gasteiger partial charge in [0.2, 0.25) is 5.91 Å². The summed E-state index contributed by atoms with van der Waals surface area (Å²) in [5.41, 5.74) is 5.16. The summed E-state index contributed by atoms with van der Waals surface area (Å²) in [6, 6.07) is -0.384. The van der Waals surface area contributed by atoms with Gasteiger partial charge in [0, 0.05) is 0 Å². The molecule has 3 N–H and O–H groups in total. The first-order valence-electron chi connectivity index (χ1n) is 4.36. The van der Waals surface area contributed by atoms with Gasteiger partial charge in [0.25, 0.3) is 0 Å². The van der Waals surface area contributed by atoms with Crippen molar-refractivity contribution in [3.05, 3.63) is 0 Å². The van der Waals surface area contributed by atoms with Crippen molar-refractivity contribution in [2.24, 2.45) is 5.73 Å². The number of carbonyl (C=O) groups is 2. The van der Waals surface area contributed by atoms with Crippen LogP contribution in [-0.4, -0.2) is 41.0 Å². The number of aliphatic carboxylic acids is 1. The van der Waals surface area contributed by atoms with Gasteiger partial charge in [0.15, 0.2) is 0 Å². The molecular weight excluding hydrogens is 172 g/mol. The molecule has 0 aromatic carbocycles. The molecule has 0 saturated carbocycles. The molecule has 1 saturated heterocycles. The highest BCUT2D eigenvalue weighted by Gasteiger charge is 2.27. The third-order valence-corrected chi connectivity index (χ3v) is 2.28. The van der Waals surface area contributed by atoms with Gasteiger partial charge in [-0.2, -0.15) is 0 Å². The van der Waals surface area contributed by atoms with Gasteiger partial charge in [-0.05, 0) is 19.4 Å². The van der Waals surface area contributed by atoms with Crippen molar-refractivity contribution < 1.29 is 14.7 Å². The van der Waals surface area contributed by atoms with E-state index >= 15 is 0 Å². The fourth-order valence-corrected chi connectivity index (χ4v) is 1.68. The summed E-state index contributed by atoms with van der Waals surface area (Å²) in [5, 5.41) is 8.57. The number of primary amides is 1. The van der Waals surface area contributed by atoms with Crippen LogP contribution in [0.4, 0.5) is 0 Å². The van der Waals surface area contributed by atoms with Gasteiger partial charge < -0.3 is 10.8 Å². The number of piperidine rings is 1. The molecule has 0 aromatic heterocycles. The van der Waals surface area contributed by atoms with E-state index in [-0.39, 0.29) is 12.6 Å². The molecule has 1 aliphatic heterocycles. The third kappa shape index (κ3) is 2.69. The highest BCUT2D eigenvalue weighted by molar-refractivity contribution is 5.80. The van der Waals surface area contributed by atoms with Crippen molar-refractivity contribution in [3.8, 4) is 0 Å². The zero-order valence-corrected chi connectivity index (χ0v) is 7.40. The van der Waals surface area contributed by atoms with Crippen molar-refractivity contribution in [2.75, 3.05) is 13.1 Å². The monoisotopic (exact) mass is 186 g/mol. The lowest BCUT2D eigenvalue weighted by Crippen LogP contribution is -2.49. The lowest BCUT2D eigenvalue weighted by molar-refractivity contribution is -0.140. The molecule has 1 aliphatic rings. The Hall–Kier alpha value is -1.10. The van der Waals surface area contributed by atoms with Gasteiger partial charge in [0.05, 0.1) is 12.6 Å². The van der Waals surface area contributed by atoms with E-state index in [1.807, 2.05) is 0 Å². The van der Waals surface area contributed by atoms with E-state index in [0.717, 1.165) is 12.8 Å². The Kier molecular flexibility index (Phi) is 3.25. The number of carbonyl (C=O) groups excluding carboxylic acids is 1. The minimum atomic E-state index is -0.909. The lowest BCUT2D eigenvalue weighted by atomic mass is 10.0. The maximum Gasteiger partial charge on any atom is 0.317 e. The molecule has 1 rings (SSSR count). The molecule has 0 aromatic rings. The van der Waals surface area contributed by atoms with Gasteiger partial charge >= 0.3 is 5.97 Å². The number of nitrogens with zero attached hydrogens (tertiary/aromatic N) is 1. The van der Waals surface area contributed by atoms with Crippen LogP contribution >= 0.6 is 0 Å². The zero-order chi connectivity index (χ0) is 9.84. The number of rotatable bonds is 3. The van der Waals surface area contributed by atoms with Crippen LogP contribution in [0.3, 0.4) is 0 Å². The van der Waals surface area contributed by atoms with Crippen molar-refractivity contribution in [1.82, 2.24) is 4.90 Å². The Labute approximate surface area is 76.5 Å². The number of carboxylic acids is 1. The van der Waals surface area contributed by atoms with Crippen LogP contribution in [0.15, 0.2) is 0 Å². The van der Waals surface area contributed by atoms with Gasteiger partial charge in [-0.1, -0.05) is 6.42 Å². The highest BCUT2D eigenvalue weighted by Crippen LogP contribution is 2.15. The summed E-state index contributed by atoms with van der Waals surface area (Å²) in [4.78, 5) is 23.0. The van der Waals surface area contributed by atoms with E-state index < -0.39 is 11.9 Å². The number of amides is 1. The fourth-order valence-electron chi connectivity index (χ4n) is 1.68. The normalized spacial score (nSPS) is 24.2. The molecule has 0 radical (unpaired) electrons. The van der Waals surface area contributed by atoms with E-state index in [9.17, 15) is 9.59 Å². The van der Waals surface area contributed by atoms with Gasteiger partial charge in [-0.25, -0.2) is 0 Å². The Morgan fingerprint density at radius 1 is 1.46 bits per heavy atom. The second-order valence-corrected chi connectivity index (χ2v) is 3.28. The molecule has 0 spiro atoms. The smallest absolute Gasteiger partial charge is 0.317 e. The molecular formula is C8H14N2O3. The molecule has 1 unspecified atom stereocenters. The summed E-state index contributed by atoms with van der Waals surface area (Å²) in [6.07, 6.45) is 2.57. The fraction of sp³-hybridized carbons (Fsp3) is 0.750. The van der Waals surface area contributed by atoms with Gasteiger partial charge in [-0.3, -0.25) is 14.5 Å². The highest BCUT2D eigenvalue weighted by atomic mass is 16.4. The Morgan fingerprint density at radius 3 is 2.69 bits per heavy atom. The largest absolute Gasteiger partial charge is 0.480 e. The second-order valence-electron chi connectivity index (χ2n) is 3.28. The first kappa shape index (κ1) is 9.98. The Morgan fingerprint density at radius 2 is 2.15 bits per heavy atom. The molecule has 0 bridgehead atoms. The molecule has 1 amide bonds. The van der Waals surface area contributed by atoms with Crippen LogP contribution in [-0.2, 0) is 9.59 Å². The summed E-state index contributed by atoms with van der Waals surface area (Å²) in [6.45, 7) is 0.563. The summed E-state index contributed by atoms with van der Waals surface area (Å²) in [5.74, 6) is -1.32. The first-order chi connectivity index (χ1) is 6.11. The second kappa shape index (κ2) is 4.23. The molecule has 13 heavy (non-hydrogen) atoms. The van der Waals surface area contributed by atoms with Crippen LogP contribution in [0, 0.1) is 0 Å². The van der Waals surface area contributed by atoms with Gasteiger partial charge in [0.1, 0.15) is 0 Å². The molecule has 74 valence electrons. The molecule has 5 heteroatoms. The maximum absolute atomic E-state index is 10.9. The first-order valence-corrected chi connectivity index (χ1v) is 4.36. The quantitative estimate of drug-likeness (QED) is 0.617. The number of carboxylic acid groups (broad SMARTS) is 1. The van der Waals surface area contributed by atoms with E-state index in [0.29, 0.717) is 13.0 Å². The minimum absolute atomic E-state index is 0.0897. The van der Waals surface area contributed by atoms with Gasteiger partial charge in [-0.15, -0.1) is 0 Å². The number of nitrogens with two attached hydrogens (primary N) is 1. The number of likely N-dealkylation sites (tertiary alicyclic amines) is 1. The van der Waals surface area contributed by atoms with Crippen LogP contribution < -0.4 is 5.73 Å². The SMILES string of the molecule is NC(=O)C1CCCCN1CC(=O)O. The number of hydrogen-bond acceptors (Lipinski definition) is 3. The Balaban J connectivity index is 2.56. The summed E-state index contributed by atoms with van der Waals surface area (Å²) in [7, 11) is 0. The van der Waals surface area contributed by atoms with E-state index in [1.54, 1.807) is 4.90 Å². The average molecular weight is 186 g/mol. The number of hydrogen-bond donors (Lipinski definition) is 2. The predicted octanol–water partition coefficient (Wildman–Crippen LogP) is -0.589. The minimum Gasteiger partial charge on any atom is -0.480 e. The molecule has 5 nitrogen and oxygen atoms in total. The van der Waals surface area contributed by atoms with Crippen molar-refractivity contribution in [3.63, 3.8) is 0 Å². The van der Waals surface area contributed by atoms with E-state index in [1.165, 1.54) is 0 Å².